The first-order valence-electron chi connectivity index (χ1n) is 12.9. The van der Waals surface area contributed by atoms with E-state index in [1.54, 1.807) is 0 Å². The van der Waals surface area contributed by atoms with E-state index in [-0.39, 0.29) is 5.71 Å². The first kappa shape index (κ1) is 25.0. The lowest BCUT2D eigenvalue weighted by Crippen LogP contribution is -2.25. The second kappa shape index (κ2) is 10.5. The number of aromatic nitrogens is 4. The third kappa shape index (κ3) is 4.41. The Bertz CT molecular complexity index is 1860. The lowest BCUT2D eigenvalue weighted by molar-refractivity contribution is 1.17. The molecule has 196 valence electrons. The van der Waals surface area contributed by atoms with Crippen LogP contribution in [0.15, 0.2) is 120 Å². The molecule has 2 heterocycles. The smallest absolute Gasteiger partial charge is 0.135 e. The summed E-state index contributed by atoms with van der Waals surface area (Å²) in [5, 5.41) is 8.63. The number of nitrogens with one attached hydrogen (secondary N) is 1. The standard InChI is InChI=1S/C32H21N7S2/c33-25-28(36-40)30-31(32-29(25)37-41-38-32)35-27(26(34-30)20-10-4-1-5-11-20)21-16-18-24(19-17-21)39(22-12-6-2-7-13-22)23-14-8-3-9-15-23/h1-19,33,40H/b33-25?,36-28+. The van der Waals surface area contributed by atoms with Gasteiger partial charge in [-0.15, -0.1) is 0 Å². The van der Waals surface area contributed by atoms with Crippen molar-refractivity contribution in [3.05, 3.63) is 127 Å². The van der Waals surface area contributed by atoms with Crippen molar-refractivity contribution in [1.29, 1.82) is 5.41 Å². The van der Waals surface area contributed by atoms with Gasteiger partial charge in [0.05, 0.1) is 23.1 Å². The molecule has 4 aromatic carbocycles. The van der Waals surface area contributed by atoms with Gasteiger partial charge in [0, 0.05) is 28.2 Å². The van der Waals surface area contributed by atoms with Gasteiger partial charge in [0.25, 0.3) is 0 Å². The molecule has 0 bridgehead atoms. The summed E-state index contributed by atoms with van der Waals surface area (Å²) in [4.78, 5) is 12.4. The minimum absolute atomic E-state index is 0.142. The van der Waals surface area contributed by atoms with Gasteiger partial charge in [0.2, 0.25) is 0 Å². The summed E-state index contributed by atoms with van der Waals surface area (Å²) in [6.07, 6.45) is 0. The maximum atomic E-state index is 8.63. The number of fused-ring (bicyclic) bond motifs is 3. The summed E-state index contributed by atoms with van der Waals surface area (Å²) >= 11 is 5.20. The van der Waals surface area contributed by atoms with Crippen molar-refractivity contribution in [2.75, 3.05) is 4.90 Å². The van der Waals surface area contributed by atoms with Crippen LogP contribution in [0.5, 0.6) is 0 Å². The molecule has 1 N–H and O–H groups in total. The fourth-order valence-corrected chi connectivity index (χ4v) is 5.72. The van der Waals surface area contributed by atoms with E-state index in [0.29, 0.717) is 39.9 Å². The maximum absolute atomic E-state index is 8.63. The van der Waals surface area contributed by atoms with Crippen molar-refractivity contribution in [3.63, 3.8) is 0 Å². The summed E-state index contributed by atoms with van der Waals surface area (Å²) in [5.41, 5.74) is 8.83. The van der Waals surface area contributed by atoms with E-state index in [1.807, 2.05) is 66.7 Å². The number of thiol groups is 1. The number of anilines is 3. The molecule has 0 radical (unpaired) electrons. The second-order valence-electron chi connectivity index (χ2n) is 9.32. The van der Waals surface area contributed by atoms with E-state index < -0.39 is 0 Å². The lowest BCUT2D eigenvalue weighted by Gasteiger charge is -2.25. The molecule has 0 aliphatic heterocycles. The van der Waals surface area contributed by atoms with E-state index >= 15 is 0 Å². The zero-order valence-corrected chi connectivity index (χ0v) is 23.2. The molecule has 1 aliphatic rings. The highest BCUT2D eigenvalue weighted by Gasteiger charge is 2.33. The third-order valence-corrected chi connectivity index (χ3v) is 7.61. The Labute approximate surface area is 246 Å². The molecule has 1 aliphatic carbocycles. The Balaban J connectivity index is 1.40. The van der Waals surface area contributed by atoms with Crippen LogP contribution in [-0.4, -0.2) is 30.1 Å². The van der Waals surface area contributed by atoms with E-state index in [0.717, 1.165) is 39.9 Å². The Morgan fingerprint density at radius 1 is 0.537 bits per heavy atom. The highest BCUT2D eigenvalue weighted by molar-refractivity contribution is 7.79. The maximum Gasteiger partial charge on any atom is 0.135 e. The predicted octanol–water partition coefficient (Wildman–Crippen LogP) is 7.81. The van der Waals surface area contributed by atoms with Gasteiger partial charge in [-0.2, -0.15) is 8.75 Å². The molecule has 0 unspecified atom stereocenters. The molecule has 9 heteroatoms. The molecule has 0 saturated heterocycles. The molecule has 2 aromatic heterocycles. The zero-order chi connectivity index (χ0) is 27.8. The highest BCUT2D eigenvalue weighted by Crippen LogP contribution is 2.39. The van der Waals surface area contributed by atoms with Crippen molar-refractivity contribution in [3.8, 4) is 33.9 Å². The fraction of sp³-hybridized carbons (Fsp3) is 0. The molecule has 0 amide bonds. The van der Waals surface area contributed by atoms with Crippen LogP contribution in [0.1, 0.15) is 11.4 Å². The third-order valence-electron chi connectivity index (χ3n) is 6.88. The minimum atomic E-state index is 0.142. The van der Waals surface area contributed by atoms with Gasteiger partial charge >= 0.3 is 0 Å². The molecular weight excluding hydrogens is 547 g/mol. The van der Waals surface area contributed by atoms with Gasteiger partial charge in [-0.25, -0.2) is 14.4 Å². The topological polar surface area (TPSA) is 91.0 Å². The molecule has 7 rings (SSSR count). The van der Waals surface area contributed by atoms with Gasteiger partial charge in [0.1, 0.15) is 34.2 Å². The molecule has 0 spiro atoms. The minimum Gasteiger partial charge on any atom is -0.311 e. The van der Waals surface area contributed by atoms with Crippen molar-refractivity contribution >= 4 is 53.0 Å². The van der Waals surface area contributed by atoms with Gasteiger partial charge in [-0.05, 0) is 49.2 Å². The van der Waals surface area contributed by atoms with Gasteiger partial charge in [-0.3, -0.25) is 5.41 Å². The van der Waals surface area contributed by atoms with Gasteiger partial charge < -0.3 is 4.90 Å². The van der Waals surface area contributed by atoms with E-state index in [4.69, 9.17) is 15.4 Å². The van der Waals surface area contributed by atoms with E-state index in [1.165, 1.54) is 0 Å². The summed E-state index contributed by atoms with van der Waals surface area (Å²) in [6.45, 7) is 0. The van der Waals surface area contributed by atoms with Crippen molar-refractivity contribution in [1.82, 2.24) is 18.7 Å². The number of rotatable bonds is 5. The summed E-state index contributed by atoms with van der Waals surface area (Å²) in [6, 6.07) is 38.8. The predicted molar refractivity (Wildman–Crippen MR) is 169 cm³/mol. The van der Waals surface area contributed by atoms with Crippen LogP contribution >= 0.6 is 24.5 Å². The summed E-state index contributed by atoms with van der Waals surface area (Å²) in [5.74, 6) is 0. The zero-order valence-electron chi connectivity index (χ0n) is 21.5. The van der Waals surface area contributed by atoms with Crippen LogP contribution in [0.3, 0.4) is 0 Å². The average molecular weight is 568 g/mol. The number of hydrogen-bond donors (Lipinski definition) is 2. The van der Waals surface area contributed by atoms with Crippen LogP contribution in [0.2, 0.25) is 0 Å². The SMILES string of the molecule is N=C1/C(=N\S)c2nc(-c3ccccc3)c(-c3ccc(N(c4ccccc4)c4ccccc4)cc3)nc2-c2nsnc21. The van der Waals surface area contributed by atoms with Crippen LogP contribution in [-0.2, 0) is 0 Å². The van der Waals surface area contributed by atoms with E-state index in [9.17, 15) is 0 Å². The van der Waals surface area contributed by atoms with Crippen molar-refractivity contribution in [2.24, 2.45) is 4.40 Å². The summed E-state index contributed by atoms with van der Waals surface area (Å²) < 4.78 is 12.9. The molecule has 7 nitrogen and oxygen atoms in total. The normalized spacial score (nSPS) is 13.1. The second-order valence-corrected chi connectivity index (χ2v) is 10.1. The fourth-order valence-electron chi connectivity index (χ4n) is 4.97. The Hall–Kier alpha value is -4.99. The van der Waals surface area contributed by atoms with Gasteiger partial charge in [0.15, 0.2) is 0 Å². The number of hydrogen-bond acceptors (Lipinski definition) is 9. The molecular formula is C32H21N7S2. The summed E-state index contributed by atoms with van der Waals surface area (Å²) in [7, 11) is 0. The average Bonchev–Trinajstić information content (AvgIpc) is 3.54. The van der Waals surface area contributed by atoms with Crippen LogP contribution in [0.25, 0.3) is 33.9 Å². The molecule has 41 heavy (non-hydrogen) atoms. The van der Waals surface area contributed by atoms with Gasteiger partial charge in [-0.1, -0.05) is 78.9 Å². The molecule has 0 saturated carbocycles. The first-order valence-corrected chi connectivity index (χ1v) is 14.0. The van der Waals surface area contributed by atoms with Crippen molar-refractivity contribution in [2.45, 2.75) is 0 Å². The Kier molecular flexibility index (Phi) is 6.42. The molecule has 6 aromatic rings. The number of nitrogens with zero attached hydrogens (tertiary/aromatic N) is 6. The largest absolute Gasteiger partial charge is 0.311 e. The molecule has 0 fully saturated rings. The molecule has 0 atom stereocenters. The Morgan fingerprint density at radius 3 is 1.61 bits per heavy atom. The van der Waals surface area contributed by atoms with Crippen molar-refractivity contribution < 1.29 is 0 Å². The Morgan fingerprint density at radius 2 is 1.02 bits per heavy atom. The van der Waals surface area contributed by atoms with Crippen LogP contribution in [0.4, 0.5) is 17.1 Å². The van der Waals surface area contributed by atoms with Crippen LogP contribution in [0, 0.1) is 5.41 Å². The quantitative estimate of drug-likeness (QED) is 0.207. The van der Waals surface area contributed by atoms with E-state index in [2.05, 4.69) is 79.4 Å². The number of para-hydroxylation sites is 2. The monoisotopic (exact) mass is 567 g/mol. The first-order chi connectivity index (χ1) is 20.2. The lowest BCUT2D eigenvalue weighted by atomic mass is 9.95. The highest BCUT2D eigenvalue weighted by atomic mass is 32.1. The van der Waals surface area contributed by atoms with Crippen LogP contribution < -0.4 is 4.90 Å². The number of benzene rings is 4.